The number of nitrogens with two attached hydrogens (primary N) is 1. The van der Waals surface area contributed by atoms with E-state index in [4.69, 9.17) is 17.3 Å². The summed E-state index contributed by atoms with van der Waals surface area (Å²) in [7, 11) is -3.55. The van der Waals surface area contributed by atoms with Crippen molar-refractivity contribution in [3.63, 3.8) is 0 Å². The van der Waals surface area contributed by atoms with E-state index in [1.165, 1.54) is 12.1 Å². The highest BCUT2D eigenvalue weighted by Crippen LogP contribution is 2.32. The number of nitrogen functional groups attached to an aromatic ring is 1. The summed E-state index contributed by atoms with van der Waals surface area (Å²) >= 11 is 5.80. The molecule has 0 aromatic heterocycles. The average molecular weight is 262 g/mol. The molecule has 0 bridgehead atoms. The molecule has 0 spiro atoms. The van der Waals surface area contributed by atoms with Crippen molar-refractivity contribution >= 4 is 33.0 Å². The third-order valence-corrected chi connectivity index (χ3v) is 4.16. The summed E-state index contributed by atoms with van der Waals surface area (Å²) in [6.07, 6.45) is 0. The molecule has 0 amide bonds. The van der Waals surface area contributed by atoms with Crippen LogP contribution in [0.4, 0.5) is 11.4 Å². The van der Waals surface area contributed by atoms with Crippen molar-refractivity contribution in [2.75, 3.05) is 17.6 Å². The molecule has 1 aliphatic rings. The van der Waals surface area contributed by atoms with Crippen molar-refractivity contribution in [2.45, 2.75) is 17.9 Å². The van der Waals surface area contributed by atoms with E-state index in [0.29, 0.717) is 22.9 Å². The van der Waals surface area contributed by atoms with Crippen molar-refractivity contribution < 1.29 is 8.42 Å². The van der Waals surface area contributed by atoms with Gasteiger partial charge in [-0.3, -0.25) is 0 Å². The standard InChI is InChI=1S/C9H12ClN3O2S/c1-5-4-12-9-7(11)2-6(10)3-8(9)16(14,15)13-5/h2-3,5,12-13H,4,11H2,1H3. The molecule has 1 heterocycles. The van der Waals surface area contributed by atoms with E-state index >= 15 is 0 Å². The van der Waals surface area contributed by atoms with E-state index in [1.807, 2.05) is 0 Å². The van der Waals surface area contributed by atoms with Crippen molar-refractivity contribution in [3.8, 4) is 0 Å². The second-order valence-electron chi connectivity index (χ2n) is 3.77. The normalized spacial score (nSPS) is 23.0. The van der Waals surface area contributed by atoms with Crippen LogP contribution in [-0.4, -0.2) is 21.0 Å². The first-order valence-corrected chi connectivity index (χ1v) is 6.61. The van der Waals surface area contributed by atoms with Gasteiger partial charge in [-0.15, -0.1) is 0 Å². The molecule has 0 fully saturated rings. The van der Waals surface area contributed by atoms with Crippen LogP contribution >= 0.6 is 11.6 Å². The smallest absolute Gasteiger partial charge is 0.243 e. The fourth-order valence-electron chi connectivity index (χ4n) is 1.63. The molecule has 16 heavy (non-hydrogen) atoms. The molecule has 1 atom stereocenters. The lowest BCUT2D eigenvalue weighted by atomic mass is 10.2. The van der Waals surface area contributed by atoms with E-state index in [2.05, 4.69) is 10.0 Å². The largest absolute Gasteiger partial charge is 0.397 e. The third-order valence-electron chi connectivity index (χ3n) is 2.33. The fraction of sp³-hybridized carbons (Fsp3) is 0.333. The number of hydrogen-bond donors (Lipinski definition) is 3. The van der Waals surface area contributed by atoms with Crippen molar-refractivity contribution in [3.05, 3.63) is 17.2 Å². The summed E-state index contributed by atoms with van der Waals surface area (Å²) in [5.74, 6) is 0. The topological polar surface area (TPSA) is 84.2 Å². The monoisotopic (exact) mass is 261 g/mol. The van der Waals surface area contributed by atoms with Crippen LogP contribution in [0.25, 0.3) is 0 Å². The van der Waals surface area contributed by atoms with Crippen molar-refractivity contribution in [2.24, 2.45) is 0 Å². The second-order valence-corrected chi connectivity index (χ2v) is 5.89. The maximum atomic E-state index is 11.9. The highest BCUT2D eigenvalue weighted by atomic mass is 35.5. The molecule has 88 valence electrons. The van der Waals surface area contributed by atoms with E-state index in [9.17, 15) is 8.42 Å². The van der Waals surface area contributed by atoms with Gasteiger partial charge in [0.1, 0.15) is 4.90 Å². The third kappa shape index (κ3) is 1.95. The molecule has 1 aliphatic heterocycles. The first-order chi connectivity index (χ1) is 7.40. The van der Waals surface area contributed by atoms with Gasteiger partial charge < -0.3 is 11.1 Å². The Morgan fingerprint density at radius 3 is 2.88 bits per heavy atom. The predicted molar refractivity (Wildman–Crippen MR) is 64.1 cm³/mol. The number of anilines is 2. The molecule has 1 unspecified atom stereocenters. The van der Waals surface area contributed by atoms with Crippen LogP contribution < -0.4 is 15.8 Å². The Labute approximate surface area is 99.0 Å². The van der Waals surface area contributed by atoms with Crippen LogP contribution in [0, 0.1) is 0 Å². The van der Waals surface area contributed by atoms with Crippen LogP contribution in [0.2, 0.25) is 5.02 Å². The van der Waals surface area contributed by atoms with Gasteiger partial charge in [-0.05, 0) is 19.1 Å². The van der Waals surface area contributed by atoms with E-state index in [-0.39, 0.29) is 10.9 Å². The molecule has 4 N–H and O–H groups in total. The van der Waals surface area contributed by atoms with Gasteiger partial charge in [-0.25, -0.2) is 13.1 Å². The molecular weight excluding hydrogens is 250 g/mol. The fourth-order valence-corrected chi connectivity index (χ4v) is 3.40. The van der Waals surface area contributed by atoms with E-state index in [1.54, 1.807) is 6.92 Å². The quantitative estimate of drug-likeness (QED) is 0.609. The van der Waals surface area contributed by atoms with Crippen molar-refractivity contribution in [1.82, 2.24) is 4.72 Å². The van der Waals surface area contributed by atoms with E-state index < -0.39 is 10.0 Å². The maximum absolute atomic E-state index is 11.9. The Balaban J connectivity index is 2.68. The molecule has 1 aromatic carbocycles. The summed E-state index contributed by atoms with van der Waals surface area (Å²) < 4.78 is 26.4. The minimum atomic E-state index is -3.55. The predicted octanol–water partition coefficient (Wildman–Crippen LogP) is 1.01. The number of sulfonamides is 1. The zero-order valence-electron chi connectivity index (χ0n) is 8.62. The van der Waals surface area contributed by atoms with Gasteiger partial charge in [-0.1, -0.05) is 11.6 Å². The number of halogens is 1. The maximum Gasteiger partial charge on any atom is 0.243 e. The lowest BCUT2D eigenvalue weighted by Crippen LogP contribution is -2.34. The lowest BCUT2D eigenvalue weighted by molar-refractivity contribution is 0.570. The Morgan fingerprint density at radius 1 is 1.50 bits per heavy atom. The molecule has 0 aliphatic carbocycles. The van der Waals surface area contributed by atoms with Crippen LogP contribution in [0.3, 0.4) is 0 Å². The molecular formula is C9H12ClN3O2S. The second kappa shape index (κ2) is 3.80. The summed E-state index contributed by atoms with van der Waals surface area (Å²) in [6, 6.07) is 2.72. The van der Waals surface area contributed by atoms with Crippen molar-refractivity contribution in [1.29, 1.82) is 0 Å². The Kier molecular flexibility index (Phi) is 2.73. The summed E-state index contributed by atoms with van der Waals surface area (Å²) in [5.41, 5.74) is 6.49. The van der Waals surface area contributed by atoms with Gasteiger partial charge in [0, 0.05) is 17.6 Å². The minimum Gasteiger partial charge on any atom is -0.397 e. The minimum absolute atomic E-state index is 0.0989. The number of hydrogen-bond acceptors (Lipinski definition) is 4. The Hall–Kier alpha value is -0.980. The van der Waals surface area contributed by atoms with Gasteiger partial charge >= 0.3 is 0 Å². The average Bonchev–Trinajstić information content (AvgIpc) is 2.23. The summed E-state index contributed by atoms with van der Waals surface area (Å²) in [4.78, 5) is 0.0989. The zero-order valence-corrected chi connectivity index (χ0v) is 10.2. The van der Waals surface area contributed by atoms with Crippen LogP contribution in [0.15, 0.2) is 17.0 Å². The highest BCUT2D eigenvalue weighted by molar-refractivity contribution is 7.89. The molecule has 0 radical (unpaired) electrons. The van der Waals surface area contributed by atoms with E-state index in [0.717, 1.165) is 0 Å². The van der Waals surface area contributed by atoms with Crippen LogP contribution in [0.5, 0.6) is 0 Å². The van der Waals surface area contributed by atoms with Gasteiger partial charge in [0.15, 0.2) is 0 Å². The van der Waals surface area contributed by atoms with Crippen LogP contribution in [-0.2, 0) is 10.0 Å². The Bertz CT molecular complexity index is 530. The number of nitrogens with one attached hydrogen (secondary N) is 2. The number of benzene rings is 1. The number of rotatable bonds is 0. The zero-order chi connectivity index (χ0) is 11.9. The lowest BCUT2D eigenvalue weighted by Gasteiger charge is -2.10. The van der Waals surface area contributed by atoms with Gasteiger partial charge in [0.25, 0.3) is 0 Å². The highest BCUT2D eigenvalue weighted by Gasteiger charge is 2.26. The summed E-state index contributed by atoms with van der Waals surface area (Å²) in [6.45, 7) is 2.26. The van der Waals surface area contributed by atoms with Gasteiger partial charge in [0.2, 0.25) is 10.0 Å². The first-order valence-electron chi connectivity index (χ1n) is 4.75. The van der Waals surface area contributed by atoms with Gasteiger partial charge in [-0.2, -0.15) is 0 Å². The van der Waals surface area contributed by atoms with Gasteiger partial charge in [0.05, 0.1) is 11.4 Å². The molecule has 0 saturated heterocycles. The molecule has 5 nitrogen and oxygen atoms in total. The molecule has 2 rings (SSSR count). The summed E-state index contributed by atoms with van der Waals surface area (Å²) in [5, 5.41) is 3.30. The van der Waals surface area contributed by atoms with Crippen LogP contribution in [0.1, 0.15) is 6.92 Å². The SMILES string of the molecule is CC1CNc2c(N)cc(Cl)cc2S(=O)(=O)N1. The molecule has 1 aromatic rings. The number of fused-ring (bicyclic) bond motifs is 1. The first kappa shape index (κ1) is 11.5. The molecule has 0 saturated carbocycles. The molecule has 7 heteroatoms. The Morgan fingerprint density at radius 2 is 2.19 bits per heavy atom.